The molecule has 0 atom stereocenters. The number of methoxy groups -OCH3 is 1. The van der Waals surface area contributed by atoms with E-state index < -0.39 is 6.61 Å². The molecule has 0 heterocycles. The van der Waals surface area contributed by atoms with Crippen molar-refractivity contribution < 1.29 is 23.0 Å². The van der Waals surface area contributed by atoms with Crippen LogP contribution in [-0.2, 0) is 10.5 Å². The zero-order chi connectivity index (χ0) is 19.1. The Labute approximate surface area is 159 Å². The van der Waals surface area contributed by atoms with Crippen LogP contribution < -0.4 is 14.8 Å². The number of aryl methyl sites for hydroxylation is 1. The third-order valence-corrected chi connectivity index (χ3v) is 4.66. The molecule has 0 bridgehead atoms. The number of amides is 1. The van der Waals surface area contributed by atoms with E-state index in [-0.39, 0.29) is 23.2 Å². The van der Waals surface area contributed by atoms with Gasteiger partial charge in [-0.3, -0.25) is 4.79 Å². The molecule has 0 saturated carbocycles. The van der Waals surface area contributed by atoms with Gasteiger partial charge in [0.2, 0.25) is 5.91 Å². The van der Waals surface area contributed by atoms with Crippen LogP contribution >= 0.6 is 23.4 Å². The fourth-order valence-electron chi connectivity index (χ4n) is 2.16. The van der Waals surface area contributed by atoms with Gasteiger partial charge >= 0.3 is 6.61 Å². The number of benzene rings is 2. The number of hydrogen-bond donors (Lipinski definition) is 1. The van der Waals surface area contributed by atoms with E-state index in [1.165, 1.54) is 24.9 Å². The predicted octanol–water partition coefficient (Wildman–Crippen LogP) is 5.13. The summed E-state index contributed by atoms with van der Waals surface area (Å²) in [7, 11) is 1.38. The minimum absolute atomic E-state index is 0.0250. The van der Waals surface area contributed by atoms with Crippen LogP contribution in [0.1, 0.15) is 11.1 Å². The van der Waals surface area contributed by atoms with Crippen LogP contribution in [0.25, 0.3) is 0 Å². The maximum Gasteiger partial charge on any atom is 0.387 e. The summed E-state index contributed by atoms with van der Waals surface area (Å²) in [6.07, 6.45) is 0. The topological polar surface area (TPSA) is 47.6 Å². The molecule has 0 aliphatic rings. The highest BCUT2D eigenvalue weighted by molar-refractivity contribution is 7.99. The van der Waals surface area contributed by atoms with E-state index in [0.29, 0.717) is 16.5 Å². The van der Waals surface area contributed by atoms with Crippen LogP contribution in [0, 0.1) is 6.92 Å². The molecular weight excluding hydrogens is 384 g/mol. The van der Waals surface area contributed by atoms with Crippen molar-refractivity contribution in [2.24, 2.45) is 0 Å². The number of halogens is 3. The van der Waals surface area contributed by atoms with Gasteiger partial charge in [-0.15, -0.1) is 11.8 Å². The number of thioether (sulfide) groups is 1. The van der Waals surface area contributed by atoms with Gasteiger partial charge in [0.25, 0.3) is 0 Å². The lowest BCUT2D eigenvalue weighted by molar-refractivity contribution is -0.113. The van der Waals surface area contributed by atoms with Crippen LogP contribution in [0.15, 0.2) is 36.4 Å². The molecule has 2 aromatic rings. The highest BCUT2D eigenvalue weighted by Gasteiger charge is 2.12. The minimum atomic E-state index is -2.92. The first-order chi connectivity index (χ1) is 12.4. The van der Waals surface area contributed by atoms with Gasteiger partial charge in [0, 0.05) is 5.75 Å². The van der Waals surface area contributed by atoms with Gasteiger partial charge in [-0.1, -0.05) is 23.7 Å². The monoisotopic (exact) mass is 401 g/mol. The van der Waals surface area contributed by atoms with Crippen molar-refractivity contribution in [3.8, 4) is 11.5 Å². The smallest absolute Gasteiger partial charge is 0.387 e. The summed E-state index contributed by atoms with van der Waals surface area (Å²) in [6.45, 7) is -0.999. The molecule has 1 N–H and O–H groups in total. The zero-order valence-electron chi connectivity index (χ0n) is 14.2. The van der Waals surface area contributed by atoms with Crippen molar-refractivity contribution in [2.45, 2.75) is 19.3 Å². The average molecular weight is 402 g/mol. The molecule has 0 unspecified atom stereocenters. The fraction of sp³-hybridized carbons (Fsp3) is 0.278. The molecular formula is C18H18ClF2NO3S. The van der Waals surface area contributed by atoms with E-state index in [1.54, 1.807) is 24.3 Å². The van der Waals surface area contributed by atoms with Gasteiger partial charge in [0.15, 0.2) is 11.5 Å². The number of rotatable bonds is 8. The van der Waals surface area contributed by atoms with E-state index in [4.69, 9.17) is 16.3 Å². The Balaban J connectivity index is 1.87. The molecule has 8 heteroatoms. The van der Waals surface area contributed by atoms with Crippen molar-refractivity contribution in [2.75, 3.05) is 18.2 Å². The van der Waals surface area contributed by atoms with Crippen LogP contribution in [0.3, 0.4) is 0 Å². The van der Waals surface area contributed by atoms with Gasteiger partial charge < -0.3 is 14.8 Å². The summed E-state index contributed by atoms with van der Waals surface area (Å²) in [5, 5.41) is 3.25. The molecule has 0 saturated heterocycles. The average Bonchev–Trinajstić information content (AvgIpc) is 2.58. The van der Waals surface area contributed by atoms with Gasteiger partial charge in [-0.05, 0) is 42.3 Å². The Morgan fingerprint density at radius 2 is 2.00 bits per heavy atom. The number of nitrogens with one attached hydrogen (secondary N) is 1. The lowest BCUT2D eigenvalue weighted by Crippen LogP contribution is -2.14. The van der Waals surface area contributed by atoms with Crippen LogP contribution in [0.2, 0.25) is 5.02 Å². The highest BCUT2D eigenvalue weighted by atomic mass is 35.5. The normalized spacial score (nSPS) is 10.7. The summed E-state index contributed by atoms with van der Waals surface area (Å²) in [5.41, 5.74) is 2.41. The molecule has 2 rings (SSSR count). The summed E-state index contributed by atoms with van der Waals surface area (Å²) in [4.78, 5) is 12.0. The predicted molar refractivity (Wildman–Crippen MR) is 101 cm³/mol. The van der Waals surface area contributed by atoms with Crippen LogP contribution in [-0.4, -0.2) is 25.4 Å². The number of alkyl halides is 2. The molecule has 26 heavy (non-hydrogen) atoms. The Morgan fingerprint density at radius 1 is 1.23 bits per heavy atom. The summed E-state index contributed by atoms with van der Waals surface area (Å²) < 4.78 is 34.1. The molecule has 1 amide bonds. The second kappa shape index (κ2) is 9.64. The highest BCUT2D eigenvalue weighted by Crippen LogP contribution is 2.30. The second-order valence-corrected chi connectivity index (χ2v) is 6.78. The number of ether oxygens (including phenoxy) is 2. The molecule has 2 aromatic carbocycles. The van der Waals surface area contributed by atoms with Gasteiger partial charge in [0.1, 0.15) is 0 Å². The van der Waals surface area contributed by atoms with Crippen LogP contribution in [0.5, 0.6) is 11.5 Å². The van der Waals surface area contributed by atoms with Gasteiger partial charge in [-0.25, -0.2) is 0 Å². The van der Waals surface area contributed by atoms with Gasteiger partial charge in [-0.2, -0.15) is 8.78 Å². The quantitative estimate of drug-likeness (QED) is 0.666. The lowest BCUT2D eigenvalue weighted by atomic mass is 10.2. The number of hydrogen-bond acceptors (Lipinski definition) is 4. The molecule has 4 nitrogen and oxygen atoms in total. The molecule has 0 aliphatic carbocycles. The van der Waals surface area contributed by atoms with E-state index in [1.807, 2.05) is 13.0 Å². The number of carbonyl (C=O) groups excluding carboxylic acids is 1. The van der Waals surface area contributed by atoms with E-state index >= 15 is 0 Å². The van der Waals surface area contributed by atoms with E-state index in [9.17, 15) is 13.6 Å². The number of anilines is 1. The van der Waals surface area contributed by atoms with Crippen molar-refractivity contribution in [3.63, 3.8) is 0 Å². The molecule has 0 radical (unpaired) electrons. The maximum absolute atomic E-state index is 12.3. The third kappa shape index (κ3) is 6.07. The van der Waals surface area contributed by atoms with E-state index in [0.717, 1.165) is 11.1 Å². The molecule has 0 fully saturated rings. The molecule has 0 aliphatic heterocycles. The zero-order valence-corrected chi connectivity index (χ0v) is 15.8. The lowest BCUT2D eigenvalue weighted by Gasteiger charge is -2.11. The van der Waals surface area contributed by atoms with Crippen molar-refractivity contribution in [3.05, 3.63) is 52.5 Å². The fourth-order valence-corrected chi connectivity index (χ4v) is 3.22. The first-order valence-electron chi connectivity index (χ1n) is 7.64. The summed E-state index contributed by atoms with van der Waals surface area (Å²) >= 11 is 7.47. The van der Waals surface area contributed by atoms with Gasteiger partial charge in [0.05, 0.1) is 23.6 Å². The molecule has 0 spiro atoms. The van der Waals surface area contributed by atoms with E-state index in [2.05, 4.69) is 10.1 Å². The summed E-state index contributed by atoms with van der Waals surface area (Å²) in [5.74, 6) is 0.759. The Kier molecular flexibility index (Phi) is 7.53. The minimum Gasteiger partial charge on any atom is -0.493 e. The Hall–Kier alpha value is -1.99. The Bertz CT molecular complexity index is 774. The van der Waals surface area contributed by atoms with Crippen molar-refractivity contribution >= 4 is 35.0 Å². The SMILES string of the molecule is COc1cc(CSCC(=O)Nc2ccc(C)cc2Cl)ccc1OC(F)F. The standard InChI is InChI=1S/C18H18ClF2NO3S/c1-11-3-5-14(13(19)7-11)22-17(23)10-26-9-12-4-6-15(25-18(20)21)16(8-12)24-2/h3-8,18H,9-10H2,1-2H3,(H,22,23). The van der Waals surface area contributed by atoms with Crippen molar-refractivity contribution in [1.29, 1.82) is 0 Å². The number of carbonyl (C=O) groups is 1. The Morgan fingerprint density at radius 3 is 2.65 bits per heavy atom. The summed E-state index contributed by atoms with van der Waals surface area (Å²) in [6, 6.07) is 10.1. The first-order valence-corrected chi connectivity index (χ1v) is 9.17. The molecule has 140 valence electrons. The third-order valence-electron chi connectivity index (χ3n) is 3.34. The largest absolute Gasteiger partial charge is 0.493 e. The molecule has 0 aromatic heterocycles. The first kappa shape index (κ1) is 20.3. The van der Waals surface area contributed by atoms with Crippen LogP contribution in [0.4, 0.5) is 14.5 Å². The van der Waals surface area contributed by atoms with Crippen molar-refractivity contribution in [1.82, 2.24) is 0 Å². The maximum atomic E-state index is 12.3. The second-order valence-electron chi connectivity index (χ2n) is 5.39.